The van der Waals surface area contributed by atoms with Gasteiger partial charge in [-0.3, -0.25) is 9.59 Å². The Bertz CT molecular complexity index is 501. The van der Waals surface area contributed by atoms with Gasteiger partial charge in [-0.25, -0.2) is 0 Å². The van der Waals surface area contributed by atoms with Gasteiger partial charge in [0.05, 0.1) is 21.2 Å². The Kier molecular flexibility index (Phi) is 5.81. The van der Waals surface area contributed by atoms with Crippen molar-refractivity contribution in [2.45, 2.75) is 45.6 Å². The largest absolute Gasteiger partial charge is 0.466 e. The monoisotopic (exact) mass is 373 g/mol. The van der Waals surface area contributed by atoms with Crippen LogP contribution in [0, 0.1) is 12.8 Å². The molecule has 0 unspecified atom stereocenters. The van der Waals surface area contributed by atoms with Crippen LogP contribution in [0.3, 0.4) is 0 Å². The number of carbonyl (C=O) groups is 2. The van der Waals surface area contributed by atoms with Gasteiger partial charge in [0, 0.05) is 6.04 Å². The second kappa shape index (κ2) is 7.40. The van der Waals surface area contributed by atoms with E-state index in [2.05, 4.69) is 21.2 Å². The molecule has 1 aliphatic rings. The fourth-order valence-electron chi connectivity index (χ4n) is 2.56. The Balaban J connectivity index is 1.83. The van der Waals surface area contributed by atoms with Crippen molar-refractivity contribution in [2.75, 3.05) is 6.61 Å². The minimum atomic E-state index is -0.0971. The molecular formula is C15H20BrNO3S. The van der Waals surface area contributed by atoms with Gasteiger partial charge in [-0.15, -0.1) is 11.3 Å². The lowest BCUT2D eigenvalue weighted by atomic mass is 9.86. The fourth-order valence-corrected chi connectivity index (χ4v) is 4.00. The van der Waals surface area contributed by atoms with Crippen LogP contribution in [0.5, 0.6) is 0 Å². The van der Waals surface area contributed by atoms with E-state index in [1.54, 1.807) is 0 Å². The highest BCUT2D eigenvalue weighted by Crippen LogP contribution is 2.29. The lowest BCUT2D eigenvalue weighted by molar-refractivity contribution is -0.149. The molecule has 1 saturated carbocycles. The first-order valence-electron chi connectivity index (χ1n) is 7.24. The first-order valence-corrected chi connectivity index (χ1v) is 8.85. The molecule has 1 N–H and O–H groups in total. The number of aryl methyl sites for hydroxylation is 1. The van der Waals surface area contributed by atoms with Gasteiger partial charge in [0.15, 0.2) is 0 Å². The summed E-state index contributed by atoms with van der Waals surface area (Å²) in [6, 6.07) is 2.05. The van der Waals surface area contributed by atoms with Crippen molar-refractivity contribution in [1.29, 1.82) is 0 Å². The van der Waals surface area contributed by atoms with Crippen molar-refractivity contribution in [1.82, 2.24) is 5.32 Å². The van der Waals surface area contributed by atoms with Crippen LogP contribution in [0.2, 0.25) is 0 Å². The van der Waals surface area contributed by atoms with Crippen LogP contribution in [0.25, 0.3) is 0 Å². The molecule has 0 bridgehead atoms. The quantitative estimate of drug-likeness (QED) is 0.819. The van der Waals surface area contributed by atoms with Crippen LogP contribution in [0.15, 0.2) is 9.85 Å². The van der Waals surface area contributed by atoms with Crippen LogP contribution in [-0.4, -0.2) is 24.5 Å². The fraction of sp³-hybridized carbons (Fsp3) is 0.600. The minimum absolute atomic E-state index is 0.00349. The second-order valence-corrected chi connectivity index (χ2v) is 7.71. The highest BCUT2D eigenvalue weighted by atomic mass is 79.9. The number of ether oxygens (including phenoxy) is 1. The molecule has 4 nitrogen and oxygen atoms in total. The molecule has 0 radical (unpaired) electrons. The van der Waals surface area contributed by atoms with E-state index >= 15 is 0 Å². The number of esters is 1. The second-order valence-electron chi connectivity index (χ2n) is 5.34. The summed E-state index contributed by atoms with van der Waals surface area (Å²) in [7, 11) is 0. The van der Waals surface area contributed by atoms with Crippen LogP contribution in [0.4, 0.5) is 0 Å². The Morgan fingerprint density at radius 3 is 2.57 bits per heavy atom. The molecule has 0 saturated heterocycles. The van der Waals surface area contributed by atoms with E-state index < -0.39 is 0 Å². The summed E-state index contributed by atoms with van der Waals surface area (Å²) in [4.78, 5) is 24.6. The van der Waals surface area contributed by atoms with Gasteiger partial charge < -0.3 is 10.1 Å². The van der Waals surface area contributed by atoms with Crippen LogP contribution in [-0.2, 0) is 9.53 Å². The molecule has 1 aliphatic carbocycles. The number of carbonyl (C=O) groups excluding carboxylic acids is 2. The summed E-state index contributed by atoms with van der Waals surface area (Å²) < 4.78 is 6.05. The van der Waals surface area contributed by atoms with Crippen LogP contribution >= 0.6 is 27.3 Å². The number of rotatable bonds is 4. The highest BCUT2D eigenvalue weighted by Gasteiger charge is 2.28. The van der Waals surface area contributed by atoms with E-state index in [4.69, 9.17) is 4.74 Å². The van der Waals surface area contributed by atoms with Gasteiger partial charge >= 0.3 is 5.97 Å². The smallest absolute Gasteiger partial charge is 0.308 e. The van der Waals surface area contributed by atoms with E-state index in [0.717, 1.165) is 39.9 Å². The molecule has 21 heavy (non-hydrogen) atoms. The number of thiophene rings is 1. The number of halogens is 1. The van der Waals surface area contributed by atoms with Crippen molar-refractivity contribution >= 4 is 39.1 Å². The summed E-state index contributed by atoms with van der Waals surface area (Å²) in [6.45, 7) is 4.23. The molecule has 0 aliphatic heterocycles. The van der Waals surface area contributed by atoms with E-state index in [-0.39, 0.29) is 23.8 Å². The van der Waals surface area contributed by atoms with Gasteiger partial charge in [0.2, 0.25) is 0 Å². The predicted molar refractivity (Wildman–Crippen MR) is 86.6 cm³/mol. The highest BCUT2D eigenvalue weighted by molar-refractivity contribution is 9.11. The summed E-state index contributed by atoms with van der Waals surface area (Å²) in [5, 5.41) is 3.07. The Labute approximate surface area is 137 Å². The Morgan fingerprint density at radius 1 is 1.38 bits per heavy atom. The van der Waals surface area contributed by atoms with Gasteiger partial charge in [-0.05, 0) is 67.1 Å². The van der Waals surface area contributed by atoms with E-state index in [9.17, 15) is 9.59 Å². The molecule has 1 fully saturated rings. The minimum Gasteiger partial charge on any atom is -0.466 e. The lowest BCUT2D eigenvalue weighted by Gasteiger charge is -2.27. The molecule has 2 rings (SSSR count). The number of nitrogens with one attached hydrogen (secondary N) is 1. The molecule has 1 aromatic heterocycles. The first-order chi connectivity index (χ1) is 10.0. The number of amides is 1. The molecule has 1 aromatic rings. The van der Waals surface area contributed by atoms with E-state index in [1.165, 1.54) is 11.3 Å². The standard InChI is InChI=1S/C15H20BrNO3S/c1-3-20-15(19)10-4-6-11(7-5-10)17-14(18)12-8-9(2)13(16)21-12/h8,10-11H,3-7H2,1-2H3,(H,17,18). The third kappa shape index (κ3) is 4.30. The van der Waals surface area contributed by atoms with Crippen molar-refractivity contribution in [3.05, 3.63) is 20.3 Å². The van der Waals surface area contributed by atoms with Crippen molar-refractivity contribution in [3.8, 4) is 0 Å². The van der Waals surface area contributed by atoms with Crippen LogP contribution < -0.4 is 5.32 Å². The van der Waals surface area contributed by atoms with E-state index in [1.807, 2.05) is 19.9 Å². The zero-order valence-electron chi connectivity index (χ0n) is 12.3. The van der Waals surface area contributed by atoms with Gasteiger partial charge in [0.1, 0.15) is 0 Å². The molecular weight excluding hydrogens is 354 g/mol. The zero-order valence-corrected chi connectivity index (χ0v) is 14.7. The molecule has 0 atom stereocenters. The molecule has 0 spiro atoms. The lowest BCUT2D eigenvalue weighted by Crippen LogP contribution is -2.38. The number of hydrogen-bond donors (Lipinski definition) is 1. The number of hydrogen-bond acceptors (Lipinski definition) is 4. The Morgan fingerprint density at radius 2 is 2.05 bits per heavy atom. The molecule has 6 heteroatoms. The molecule has 116 valence electrons. The zero-order chi connectivity index (χ0) is 15.4. The summed E-state index contributed by atoms with van der Waals surface area (Å²) in [5.41, 5.74) is 1.08. The maximum Gasteiger partial charge on any atom is 0.308 e. The molecule has 1 heterocycles. The van der Waals surface area contributed by atoms with E-state index in [0.29, 0.717) is 6.61 Å². The van der Waals surface area contributed by atoms with Gasteiger partial charge in [0.25, 0.3) is 5.91 Å². The van der Waals surface area contributed by atoms with Crippen molar-refractivity contribution in [3.63, 3.8) is 0 Å². The average Bonchev–Trinajstić information content (AvgIpc) is 2.80. The van der Waals surface area contributed by atoms with Crippen molar-refractivity contribution < 1.29 is 14.3 Å². The first kappa shape index (κ1) is 16.5. The van der Waals surface area contributed by atoms with Gasteiger partial charge in [-0.1, -0.05) is 0 Å². The summed E-state index contributed by atoms with van der Waals surface area (Å²) in [5.74, 6) is -0.121. The molecule has 0 aromatic carbocycles. The third-order valence-electron chi connectivity index (χ3n) is 3.76. The SMILES string of the molecule is CCOC(=O)C1CCC(NC(=O)c2cc(C)c(Br)s2)CC1. The van der Waals surface area contributed by atoms with Gasteiger partial charge in [-0.2, -0.15) is 0 Å². The Hall–Kier alpha value is -0.880. The van der Waals surface area contributed by atoms with Crippen LogP contribution in [0.1, 0.15) is 47.8 Å². The summed E-state index contributed by atoms with van der Waals surface area (Å²) in [6.07, 6.45) is 3.25. The topological polar surface area (TPSA) is 55.4 Å². The molecule has 1 amide bonds. The maximum atomic E-state index is 12.2. The normalized spacial score (nSPS) is 21.9. The summed E-state index contributed by atoms with van der Waals surface area (Å²) >= 11 is 4.89. The maximum absolute atomic E-state index is 12.2. The third-order valence-corrected chi connectivity index (χ3v) is 5.90. The van der Waals surface area contributed by atoms with Crippen molar-refractivity contribution in [2.24, 2.45) is 5.92 Å². The average molecular weight is 374 g/mol. The predicted octanol–water partition coefficient (Wildman–Crippen LogP) is 3.67.